The van der Waals surface area contributed by atoms with Crippen LogP contribution in [0.3, 0.4) is 0 Å². The van der Waals surface area contributed by atoms with E-state index in [4.69, 9.17) is 0 Å². The van der Waals surface area contributed by atoms with Crippen LogP contribution in [0.5, 0.6) is 0 Å². The van der Waals surface area contributed by atoms with Gasteiger partial charge >= 0.3 is 0 Å². The minimum absolute atomic E-state index is 0.108. The first-order valence-corrected chi connectivity index (χ1v) is 7.70. The highest BCUT2D eigenvalue weighted by Crippen LogP contribution is 2.39. The molecule has 0 spiro atoms. The summed E-state index contributed by atoms with van der Waals surface area (Å²) in [4.78, 5) is 19.2. The number of nitrogens with one attached hydrogen (secondary N) is 2. The zero-order valence-electron chi connectivity index (χ0n) is 11.3. The number of anilines is 1. The summed E-state index contributed by atoms with van der Waals surface area (Å²) in [7, 11) is 0. The molecule has 1 aliphatic rings. The summed E-state index contributed by atoms with van der Waals surface area (Å²) in [5.41, 5.74) is 2.00. The first kappa shape index (κ1) is 14.3. The number of aromatic amines is 1. The lowest BCUT2D eigenvalue weighted by atomic mass is 10.1. The monoisotopic (exact) mass is 351 g/mol. The maximum absolute atomic E-state index is 13.0. The van der Waals surface area contributed by atoms with Gasteiger partial charge in [-0.1, -0.05) is 22.0 Å². The molecule has 0 aliphatic heterocycles. The molecule has 1 amide bonds. The van der Waals surface area contributed by atoms with Crippen molar-refractivity contribution in [3.8, 4) is 0 Å². The Kier molecular flexibility index (Phi) is 4.05. The fraction of sp³-hybridized carbons (Fsp3) is 0.333. The van der Waals surface area contributed by atoms with Gasteiger partial charge in [-0.25, -0.2) is 9.37 Å². The van der Waals surface area contributed by atoms with Crippen LogP contribution >= 0.6 is 15.9 Å². The van der Waals surface area contributed by atoms with Crippen molar-refractivity contribution in [3.05, 3.63) is 45.9 Å². The molecule has 0 saturated heterocycles. The molecule has 2 N–H and O–H groups in total. The first-order valence-electron chi connectivity index (χ1n) is 6.90. The zero-order valence-corrected chi connectivity index (χ0v) is 12.9. The second kappa shape index (κ2) is 5.97. The fourth-order valence-electron chi connectivity index (χ4n) is 2.17. The summed E-state index contributed by atoms with van der Waals surface area (Å²) < 4.78 is 13.7. The standard InChI is InChI=1S/C15H15BrFN3O/c16-12-7-11(17)5-3-9(12)4-6-14(21)20-15-18-8-13(19-15)10-1-2-10/h3,5,7-8,10H,1-2,4,6H2,(H2,18,19,20,21). The van der Waals surface area contributed by atoms with Gasteiger partial charge in [0.1, 0.15) is 5.82 Å². The number of aryl methyl sites for hydroxylation is 1. The molecule has 1 fully saturated rings. The summed E-state index contributed by atoms with van der Waals surface area (Å²) in [6, 6.07) is 4.49. The van der Waals surface area contributed by atoms with Crippen LogP contribution in [0.1, 0.15) is 36.4 Å². The van der Waals surface area contributed by atoms with Gasteiger partial charge in [0.05, 0.1) is 6.20 Å². The summed E-state index contributed by atoms with van der Waals surface area (Å²) in [6.45, 7) is 0. The molecule has 2 aromatic rings. The number of imidazole rings is 1. The van der Waals surface area contributed by atoms with Crippen LogP contribution in [0.25, 0.3) is 0 Å². The third-order valence-corrected chi connectivity index (χ3v) is 4.25. The van der Waals surface area contributed by atoms with Gasteiger partial charge in [0.15, 0.2) is 0 Å². The van der Waals surface area contributed by atoms with Crippen molar-refractivity contribution in [2.75, 3.05) is 5.32 Å². The van der Waals surface area contributed by atoms with Crippen LogP contribution in [-0.2, 0) is 11.2 Å². The Hall–Kier alpha value is -1.69. The van der Waals surface area contributed by atoms with Crippen molar-refractivity contribution >= 4 is 27.8 Å². The molecule has 1 heterocycles. The highest BCUT2D eigenvalue weighted by molar-refractivity contribution is 9.10. The van der Waals surface area contributed by atoms with Crippen LogP contribution in [0.4, 0.5) is 10.3 Å². The van der Waals surface area contributed by atoms with Gasteiger partial charge < -0.3 is 4.98 Å². The van der Waals surface area contributed by atoms with Gasteiger partial charge in [0.2, 0.25) is 11.9 Å². The SMILES string of the molecule is O=C(CCc1ccc(F)cc1Br)Nc1ncc(C2CC2)[nH]1. The summed E-state index contributed by atoms with van der Waals surface area (Å²) in [5.74, 6) is 0.680. The Labute approximate surface area is 130 Å². The van der Waals surface area contributed by atoms with E-state index < -0.39 is 0 Å². The highest BCUT2D eigenvalue weighted by Gasteiger charge is 2.25. The second-order valence-electron chi connectivity index (χ2n) is 5.25. The van der Waals surface area contributed by atoms with E-state index >= 15 is 0 Å². The maximum atomic E-state index is 13.0. The molecule has 1 aliphatic carbocycles. The van der Waals surface area contributed by atoms with E-state index in [0.29, 0.717) is 29.2 Å². The predicted octanol–water partition coefficient (Wildman–Crippen LogP) is 3.76. The molecular formula is C15H15BrFN3O. The average Bonchev–Trinajstić information content (AvgIpc) is 3.19. The molecule has 110 valence electrons. The van der Waals surface area contributed by atoms with E-state index in [1.807, 2.05) is 0 Å². The lowest BCUT2D eigenvalue weighted by Gasteiger charge is -2.05. The number of benzene rings is 1. The van der Waals surface area contributed by atoms with Gasteiger partial charge in [-0.2, -0.15) is 0 Å². The van der Waals surface area contributed by atoms with E-state index in [2.05, 4.69) is 31.2 Å². The third-order valence-electron chi connectivity index (χ3n) is 3.51. The van der Waals surface area contributed by atoms with Crippen molar-refractivity contribution in [2.24, 2.45) is 0 Å². The number of carbonyl (C=O) groups excluding carboxylic acids is 1. The molecule has 1 aromatic carbocycles. The Bertz CT molecular complexity index is 667. The molecule has 0 radical (unpaired) electrons. The number of carbonyl (C=O) groups is 1. The smallest absolute Gasteiger partial charge is 0.227 e. The van der Waals surface area contributed by atoms with Crippen LogP contribution in [-0.4, -0.2) is 15.9 Å². The first-order chi connectivity index (χ1) is 10.1. The normalized spacial score (nSPS) is 14.2. The molecule has 0 unspecified atom stereocenters. The maximum Gasteiger partial charge on any atom is 0.227 e. The molecule has 4 nitrogen and oxygen atoms in total. The topological polar surface area (TPSA) is 57.8 Å². The molecular weight excluding hydrogens is 337 g/mol. The molecule has 21 heavy (non-hydrogen) atoms. The van der Waals surface area contributed by atoms with E-state index in [-0.39, 0.29) is 11.7 Å². The molecule has 1 saturated carbocycles. The molecule has 3 rings (SSSR count). The number of rotatable bonds is 5. The van der Waals surface area contributed by atoms with Gasteiger partial charge in [0, 0.05) is 22.5 Å². The Balaban J connectivity index is 1.53. The second-order valence-corrected chi connectivity index (χ2v) is 6.10. The summed E-state index contributed by atoms with van der Waals surface area (Å²) in [6.07, 6.45) is 5.03. The molecule has 6 heteroatoms. The van der Waals surface area contributed by atoms with Crippen molar-refractivity contribution in [1.29, 1.82) is 0 Å². The minimum atomic E-state index is -0.293. The minimum Gasteiger partial charge on any atom is -0.328 e. The third kappa shape index (κ3) is 3.69. The van der Waals surface area contributed by atoms with Crippen molar-refractivity contribution < 1.29 is 9.18 Å². The number of halogens is 2. The average molecular weight is 352 g/mol. The van der Waals surface area contributed by atoms with Gasteiger partial charge in [-0.15, -0.1) is 0 Å². The van der Waals surface area contributed by atoms with E-state index in [1.165, 1.54) is 25.0 Å². The predicted molar refractivity (Wildman–Crippen MR) is 81.6 cm³/mol. The van der Waals surface area contributed by atoms with E-state index in [0.717, 1.165) is 11.3 Å². The van der Waals surface area contributed by atoms with Gasteiger partial charge in [0.25, 0.3) is 0 Å². The lowest BCUT2D eigenvalue weighted by Crippen LogP contribution is -2.13. The number of hydrogen-bond acceptors (Lipinski definition) is 2. The van der Waals surface area contributed by atoms with Crippen molar-refractivity contribution in [2.45, 2.75) is 31.6 Å². The van der Waals surface area contributed by atoms with E-state index in [1.54, 1.807) is 12.3 Å². The number of aromatic nitrogens is 2. The van der Waals surface area contributed by atoms with Gasteiger partial charge in [-0.05, 0) is 37.0 Å². The highest BCUT2D eigenvalue weighted by atomic mass is 79.9. The van der Waals surface area contributed by atoms with Crippen LogP contribution in [0, 0.1) is 5.82 Å². The Morgan fingerprint density at radius 3 is 3.00 bits per heavy atom. The fourth-order valence-corrected chi connectivity index (χ4v) is 2.72. The largest absolute Gasteiger partial charge is 0.328 e. The lowest BCUT2D eigenvalue weighted by molar-refractivity contribution is -0.116. The summed E-state index contributed by atoms with van der Waals surface area (Å²) in [5, 5.41) is 2.75. The number of hydrogen-bond donors (Lipinski definition) is 2. The molecule has 0 bridgehead atoms. The quantitative estimate of drug-likeness (QED) is 0.861. The van der Waals surface area contributed by atoms with Crippen molar-refractivity contribution in [1.82, 2.24) is 9.97 Å². The summed E-state index contributed by atoms with van der Waals surface area (Å²) >= 11 is 3.30. The number of amides is 1. The Morgan fingerprint density at radius 1 is 1.48 bits per heavy atom. The van der Waals surface area contributed by atoms with Gasteiger partial charge in [-0.3, -0.25) is 10.1 Å². The number of nitrogens with zero attached hydrogens (tertiary/aromatic N) is 1. The van der Waals surface area contributed by atoms with Crippen LogP contribution < -0.4 is 5.32 Å². The Morgan fingerprint density at radius 2 is 2.29 bits per heavy atom. The van der Waals surface area contributed by atoms with E-state index in [9.17, 15) is 9.18 Å². The van der Waals surface area contributed by atoms with Crippen molar-refractivity contribution in [3.63, 3.8) is 0 Å². The number of H-pyrrole nitrogens is 1. The zero-order chi connectivity index (χ0) is 14.8. The molecule has 1 aromatic heterocycles. The van der Waals surface area contributed by atoms with Crippen LogP contribution in [0.15, 0.2) is 28.9 Å². The molecule has 0 atom stereocenters. The van der Waals surface area contributed by atoms with Crippen LogP contribution in [0.2, 0.25) is 0 Å².